The topological polar surface area (TPSA) is 191 Å². The molecule has 0 bridgehead atoms. The third-order valence-electron chi connectivity index (χ3n) is 7.86. The largest absolute Gasteiger partial charge is 2.00 e. The maximum atomic E-state index is 12.7. The van der Waals surface area contributed by atoms with Crippen molar-refractivity contribution in [2.75, 3.05) is 0 Å². The Morgan fingerprint density at radius 3 is 2.07 bits per heavy atom. The molecule has 60 heavy (non-hydrogen) atoms. The van der Waals surface area contributed by atoms with Gasteiger partial charge in [0.15, 0.2) is 0 Å². The van der Waals surface area contributed by atoms with Crippen LogP contribution in [0.15, 0.2) is 97.5 Å². The number of unbranched alkanes of at least 4 members (excludes halogenated alkanes) is 1. The summed E-state index contributed by atoms with van der Waals surface area (Å²) in [6, 6.07) is 21.5. The summed E-state index contributed by atoms with van der Waals surface area (Å²) < 4.78 is 47.8. The second-order valence-corrected chi connectivity index (χ2v) is 14.2. The number of hydrogen-bond acceptors (Lipinski definition) is 13. The summed E-state index contributed by atoms with van der Waals surface area (Å²) in [5, 5.41) is 24.4. The zero-order valence-electron chi connectivity index (χ0n) is 30.8. The van der Waals surface area contributed by atoms with Gasteiger partial charge in [0.05, 0.1) is 28.3 Å². The summed E-state index contributed by atoms with van der Waals surface area (Å²) in [5.74, 6) is -0.693. The van der Waals surface area contributed by atoms with E-state index in [4.69, 9.17) is 20.0 Å². The number of thiophene rings is 2. The van der Waals surface area contributed by atoms with Gasteiger partial charge in [-0.3, -0.25) is 24.5 Å². The van der Waals surface area contributed by atoms with Crippen molar-refractivity contribution in [3.63, 3.8) is 0 Å². The van der Waals surface area contributed by atoms with Crippen LogP contribution < -0.4 is 14.6 Å². The van der Waals surface area contributed by atoms with Crippen LogP contribution >= 0.6 is 34.9 Å². The summed E-state index contributed by atoms with van der Waals surface area (Å²) in [7, 11) is 0. The molecule has 0 aliphatic heterocycles. The standard InChI is InChI=1S/C21H17F3N3S2.C18H11N3O6.CNS.Ru/c1-2-3-4-14-6-8-18(28-14)19-10-9-17(29-19)13-5-7-15(25-12-13)16-11-20(27-26-16)21(22,23)24;22-9-26-12-2-4-20-15(6-12)17-8-13(27-10-23)7-16(21-17)14-5-11(18(24)25)1-3-19-14;2-1-3;/h5-12H,2-4H2,1H3;1-10H,(H,24,25);;/q-1;;-1;+2. The Labute approximate surface area is 366 Å². The molecule has 0 saturated carbocycles. The maximum absolute atomic E-state index is 12.7. The van der Waals surface area contributed by atoms with Gasteiger partial charge in [-0.2, -0.15) is 18.3 Å². The van der Waals surface area contributed by atoms with Crippen molar-refractivity contribution in [1.29, 1.82) is 0 Å². The van der Waals surface area contributed by atoms with E-state index in [2.05, 4.69) is 67.5 Å². The SMILES string of the molecule is CCCCc1ccc(-c2ccc(-c3ccc(-c4cc(C(F)(F)F)n[n-]4)nc3)s2)s1.O=COc1ccnc(-c2cc(OC=O)cc(-c3cc(C(=O)O)ccn3)n2)c1.[N-]=C=S.[Ru+2]. The first-order chi connectivity index (χ1) is 28.5. The van der Waals surface area contributed by atoms with Gasteiger partial charge >= 0.3 is 31.6 Å². The summed E-state index contributed by atoms with van der Waals surface area (Å²) in [4.78, 5) is 54.3. The summed E-state index contributed by atoms with van der Waals surface area (Å²) in [5.41, 5.74) is 1.64. The number of alkyl halides is 3. The molecule has 13 nitrogen and oxygen atoms in total. The first kappa shape index (κ1) is 46.5. The van der Waals surface area contributed by atoms with Crippen LogP contribution in [0.1, 0.15) is 40.7 Å². The molecule has 0 saturated heterocycles. The Hall–Kier alpha value is -6.17. The van der Waals surface area contributed by atoms with Crippen LogP contribution in [0.5, 0.6) is 11.5 Å². The Morgan fingerprint density at radius 1 is 0.833 bits per heavy atom. The molecule has 0 amide bonds. The first-order valence-electron chi connectivity index (χ1n) is 17.1. The number of aromatic carboxylic acids is 1. The first-order valence-corrected chi connectivity index (χ1v) is 19.1. The summed E-state index contributed by atoms with van der Waals surface area (Å²) in [6.45, 7) is 2.73. The molecule has 7 heterocycles. The number of carboxylic acids is 1. The normalized spacial score (nSPS) is 10.4. The third kappa shape index (κ3) is 12.7. The fraction of sp³-hybridized carbons (Fsp3) is 0.125. The van der Waals surface area contributed by atoms with Gasteiger partial charge in [0.1, 0.15) is 17.2 Å². The average Bonchev–Trinajstić information content (AvgIpc) is 4.03. The predicted molar refractivity (Wildman–Crippen MR) is 218 cm³/mol. The quantitative estimate of drug-likeness (QED) is 0.0498. The molecule has 306 valence electrons. The molecule has 0 aliphatic rings. The average molecular weight is 957 g/mol. The van der Waals surface area contributed by atoms with E-state index >= 15 is 0 Å². The predicted octanol–water partition coefficient (Wildman–Crippen LogP) is 9.55. The number of carbonyl (C=O) groups is 3. The van der Waals surface area contributed by atoms with Gasteiger partial charge < -0.3 is 30.2 Å². The molecule has 0 aromatic carbocycles. The number of hydrogen-bond donors (Lipinski definition) is 1. The third-order valence-corrected chi connectivity index (χ3v) is 10.3. The second-order valence-electron chi connectivity index (χ2n) is 11.8. The van der Waals surface area contributed by atoms with Crippen LogP contribution in [-0.2, 0) is 41.7 Å². The number of aryl methyl sites for hydroxylation is 1. The molecule has 0 fully saturated rings. The smallest absolute Gasteiger partial charge is 0.753 e. The molecule has 0 unspecified atom stereocenters. The summed E-state index contributed by atoms with van der Waals surface area (Å²) in [6.07, 6.45) is 3.42. The van der Waals surface area contributed by atoms with E-state index in [9.17, 15) is 27.6 Å². The van der Waals surface area contributed by atoms with Crippen molar-refractivity contribution in [1.82, 2.24) is 30.1 Å². The molecule has 7 aromatic rings. The monoisotopic (exact) mass is 957 g/mol. The maximum Gasteiger partial charge on any atom is 2.00 e. The molecule has 7 rings (SSSR count). The number of ether oxygens (including phenoxy) is 2. The number of halogens is 3. The number of carbonyl (C=O) groups excluding carboxylic acids is 2. The van der Waals surface area contributed by atoms with Gasteiger partial charge in [-0.15, -0.1) is 22.7 Å². The minimum absolute atomic E-state index is 0. The molecule has 20 heteroatoms. The Balaban J connectivity index is 0.000000245. The second kappa shape index (κ2) is 22.3. The molecular formula is C40H28F3N7O6RuS3. The van der Waals surface area contributed by atoms with Crippen LogP contribution in [0.2, 0.25) is 0 Å². The number of isothiocyanates is 1. The number of pyridine rings is 4. The number of thiocarbonyl (C=S) groups is 1. The Morgan fingerprint density at radius 2 is 1.45 bits per heavy atom. The Bertz CT molecular complexity index is 2580. The van der Waals surface area contributed by atoms with Gasteiger partial charge in [-0.1, -0.05) is 31.3 Å². The molecule has 0 aliphatic carbocycles. The van der Waals surface area contributed by atoms with Gasteiger partial charge in [0, 0.05) is 67.6 Å². The van der Waals surface area contributed by atoms with Crippen molar-refractivity contribution >= 4 is 59.0 Å². The molecule has 7 aromatic heterocycles. The number of nitrogens with zero attached hydrogens (tertiary/aromatic N) is 7. The van der Waals surface area contributed by atoms with E-state index in [0.29, 0.717) is 17.1 Å². The van der Waals surface area contributed by atoms with Crippen molar-refractivity contribution in [2.45, 2.75) is 32.4 Å². The van der Waals surface area contributed by atoms with Crippen molar-refractivity contribution < 1.29 is 61.6 Å². The van der Waals surface area contributed by atoms with Gasteiger partial charge in [-0.25, -0.2) is 9.78 Å². The molecule has 0 atom stereocenters. The number of carboxylic acid groups (broad SMARTS) is 1. The van der Waals surface area contributed by atoms with E-state index in [0.717, 1.165) is 22.9 Å². The van der Waals surface area contributed by atoms with Crippen molar-refractivity contribution in [3.8, 4) is 65.9 Å². The zero-order chi connectivity index (χ0) is 42.4. The molecular weight excluding hydrogens is 929 g/mol. The fourth-order valence-electron chi connectivity index (χ4n) is 5.15. The summed E-state index contributed by atoms with van der Waals surface area (Å²) >= 11 is 7.20. The van der Waals surface area contributed by atoms with E-state index in [1.54, 1.807) is 23.6 Å². The van der Waals surface area contributed by atoms with E-state index in [1.165, 1.54) is 81.4 Å². The number of aromatic nitrogens is 6. The van der Waals surface area contributed by atoms with Crippen LogP contribution in [0.3, 0.4) is 0 Å². The van der Waals surface area contributed by atoms with Crippen molar-refractivity contribution in [3.05, 3.63) is 119 Å². The van der Waals surface area contributed by atoms with Gasteiger partial charge in [0.2, 0.25) is 0 Å². The minimum Gasteiger partial charge on any atom is -0.753 e. The number of rotatable bonds is 13. The molecule has 0 radical (unpaired) electrons. The molecule has 1 N–H and O–H groups in total. The van der Waals surface area contributed by atoms with E-state index in [-0.39, 0.29) is 66.6 Å². The van der Waals surface area contributed by atoms with Crippen molar-refractivity contribution in [2.24, 2.45) is 0 Å². The van der Waals surface area contributed by atoms with Crippen LogP contribution in [0.25, 0.3) is 59.8 Å². The van der Waals surface area contributed by atoms with E-state index < -0.39 is 17.8 Å². The zero-order valence-corrected chi connectivity index (χ0v) is 35.0. The molecule has 0 spiro atoms. The minimum atomic E-state index is -4.50. The van der Waals surface area contributed by atoms with Crippen LogP contribution in [0, 0.1) is 0 Å². The Kier molecular flexibility index (Phi) is 17.3. The van der Waals surface area contributed by atoms with Gasteiger partial charge in [-0.05, 0) is 73.5 Å². The fourth-order valence-corrected chi connectivity index (χ4v) is 7.28. The van der Waals surface area contributed by atoms with E-state index in [1.807, 2.05) is 23.5 Å². The van der Waals surface area contributed by atoms with Crippen LogP contribution in [-0.4, -0.2) is 54.2 Å². The van der Waals surface area contributed by atoms with Crippen LogP contribution in [0.4, 0.5) is 13.2 Å². The van der Waals surface area contributed by atoms with Gasteiger partial charge in [0.25, 0.3) is 12.9 Å².